The summed E-state index contributed by atoms with van der Waals surface area (Å²) in [5.74, 6) is 0.943. The van der Waals surface area contributed by atoms with Crippen LogP contribution in [0.25, 0.3) is 0 Å². The minimum absolute atomic E-state index is 0. The first-order valence-corrected chi connectivity index (χ1v) is 7.44. The normalized spacial score (nSPS) is 21.9. The van der Waals surface area contributed by atoms with Crippen molar-refractivity contribution in [2.75, 3.05) is 13.7 Å². The zero-order valence-corrected chi connectivity index (χ0v) is 13.0. The molecule has 0 bridgehead atoms. The molecule has 0 aromatic heterocycles. The van der Waals surface area contributed by atoms with E-state index in [4.69, 9.17) is 4.74 Å². The first kappa shape index (κ1) is 15.4. The van der Waals surface area contributed by atoms with Crippen LogP contribution in [-0.2, 0) is 6.42 Å². The van der Waals surface area contributed by atoms with Gasteiger partial charge in [0.05, 0.1) is 7.11 Å². The molecule has 1 aromatic rings. The molecule has 1 heterocycles. The first-order valence-electron chi connectivity index (χ1n) is 7.44. The van der Waals surface area contributed by atoms with Gasteiger partial charge in [-0.1, -0.05) is 23.3 Å². The summed E-state index contributed by atoms with van der Waals surface area (Å²) in [6.45, 7) is 1.15. The van der Waals surface area contributed by atoms with Gasteiger partial charge < -0.3 is 10.1 Å². The van der Waals surface area contributed by atoms with E-state index in [2.05, 4.69) is 29.6 Å². The predicted molar refractivity (Wildman–Crippen MR) is 85.8 cm³/mol. The molecule has 1 aromatic carbocycles. The Hall–Kier alpha value is -0.990. The van der Waals surface area contributed by atoms with Gasteiger partial charge in [-0.15, -0.1) is 12.4 Å². The summed E-state index contributed by atoms with van der Waals surface area (Å²) in [7, 11) is 1.72. The van der Waals surface area contributed by atoms with Crippen molar-refractivity contribution in [2.24, 2.45) is 0 Å². The third-order valence-corrected chi connectivity index (χ3v) is 4.47. The minimum Gasteiger partial charge on any atom is -0.497 e. The number of benzene rings is 1. The van der Waals surface area contributed by atoms with Gasteiger partial charge in [0, 0.05) is 6.04 Å². The van der Waals surface area contributed by atoms with E-state index >= 15 is 0 Å². The lowest BCUT2D eigenvalue weighted by atomic mass is 9.81. The van der Waals surface area contributed by atoms with Gasteiger partial charge in [-0.2, -0.15) is 0 Å². The van der Waals surface area contributed by atoms with Crippen LogP contribution in [0.4, 0.5) is 0 Å². The third kappa shape index (κ3) is 3.36. The van der Waals surface area contributed by atoms with Gasteiger partial charge >= 0.3 is 0 Å². The van der Waals surface area contributed by atoms with E-state index in [9.17, 15) is 0 Å². The van der Waals surface area contributed by atoms with Crippen LogP contribution in [0.2, 0.25) is 0 Å². The number of rotatable bonds is 3. The van der Waals surface area contributed by atoms with Gasteiger partial charge in [0.25, 0.3) is 0 Å². The van der Waals surface area contributed by atoms with E-state index in [0.717, 1.165) is 18.7 Å². The monoisotopic (exact) mass is 293 g/mol. The average Bonchev–Trinajstić information content (AvgIpc) is 2.48. The van der Waals surface area contributed by atoms with E-state index in [1.54, 1.807) is 18.3 Å². The van der Waals surface area contributed by atoms with Crippen molar-refractivity contribution in [3.05, 3.63) is 41.0 Å². The molecule has 2 aliphatic rings. The fraction of sp³-hybridized carbons (Fsp3) is 0.529. The fourth-order valence-corrected chi connectivity index (χ4v) is 3.41. The maximum Gasteiger partial charge on any atom is 0.118 e. The molecule has 0 saturated heterocycles. The van der Waals surface area contributed by atoms with Crippen LogP contribution in [-0.4, -0.2) is 19.7 Å². The summed E-state index contributed by atoms with van der Waals surface area (Å²) in [6.07, 6.45) is 7.81. The Bertz CT molecular complexity index is 462. The molecule has 1 aliphatic heterocycles. The highest BCUT2D eigenvalue weighted by atomic mass is 35.5. The predicted octanol–water partition coefficient (Wildman–Crippen LogP) is 3.89. The highest BCUT2D eigenvalue weighted by Gasteiger charge is 2.24. The second-order valence-electron chi connectivity index (χ2n) is 5.64. The lowest BCUT2D eigenvalue weighted by molar-refractivity contribution is 0.414. The van der Waals surface area contributed by atoms with E-state index in [1.807, 2.05) is 0 Å². The Labute approximate surface area is 128 Å². The SMILES string of the molecule is COc1ccc(C[C@@H]2NCCC3=C2CCCC3)cc1.Cl. The molecular formula is C17H24ClNO. The maximum atomic E-state index is 5.22. The quantitative estimate of drug-likeness (QED) is 0.854. The van der Waals surface area contributed by atoms with Crippen molar-refractivity contribution in [1.82, 2.24) is 5.32 Å². The van der Waals surface area contributed by atoms with Crippen LogP contribution < -0.4 is 10.1 Å². The molecule has 0 fully saturated rings. The molecule has 0 saturated carbocycles. The first-order chi connectivity index (χ1) is 9.36. The Morgan fingerprint density at radius 1 is 1.10 bits per heavy atom. The topological polar surface area (TPSA) is 21.3 Å². The Morgan fingerprint density at radius 3 is 2.60 bits per heavy atom. The zero-order chi connectivity index (χ0) is 13.1. The molecule has 0 amide bonds. The van der Waals surface area contributed by atoms with Crippen molar-refractivity contribution in [2.45, 2.75) is 44.6 Å². The summed E-state index contributed by atoms with van der Waals surface area (Å²) in [4.78, 5) is 0. The molecule has 3 rings (SSSR count). The van der Waals surface area contributed by atoms with Gasteiger partial charge in [0.1, 0.15) is 5.75 Å². The molecule has 3 heteroatoms. The Balaban J connectivity index is 0.00000147. The number of ether oxygens (including phenoxy) is 1. The highest BCUT2D eigenvalue weighted by Crippen LogP contribution is 2.32. The molecule has 0 radical (unpaired) electrons. The van der Waals surface area contributed by atoms with Gasteiger partial charge in [-0.25, -0.2) is 0 Å². The van der Waals surface area contributed by atoms with Gasteiger partial charge in [0.2, 0.25) is 0 Å². The van der Waals surface area contributed by atoms with Gasteiger partial charge in [-0.3, -0.25) is 0 Å². The highest BCUT2D eigenvalue weighted by molar-refractivity contribution is 5.85. The van der Waals surface area contributed by atoms with Crippen LogP contribution >= 0.6 is 12.4 Å². The summed E-state index contributed by atoms with van der Waals surface area (Å²) < 4.78 is 5.22. The van der Waals surface area contributed by atoms with Gasteiger partial charge in [-0.05, 0) is 62.8 Å². The fourth-order valence-electron chi connectivity index (χ4n) is 3.41. The second kappa shape index (κ2) is 7.14. The summed E-state index contributed by atoms with van der Waals surface area (Å²) in [6, 6.07) is 9.08. The molecule has 20 heavy (non-hydrogen) atoms. The van der Waals surface area contributed by atoms with Crippen molar-refractivity contribution in [3.8, 4) is 5.75 Å². The number of nitrogens with one attached hydrogen (secondary N) is 1. The molecule has 0 spiro atoms. The molecule has 1 N–H and O–H groups in total. The number of halogens is 1. The third-order valence-electron chi connectivity index (χ3n) is 4.47. The van der Waals surface area contributed by atoms with E-state index < -0.39 is 0 Å². The number of methoxy groups -OCH3 is 1. The average molecular weight is 294 g/mol. The Morgan fingerprint density at radius 2 is 1.85 bits per heavy atom. The molecular weight excluding hydrogens is 270 g/mol. The smallest absolute Gasteiger partial charge is 0.118 e. The van der Waals surface area contributed by atoms with E-state index in [1.165, 1.54) is 37.7 Å². The lowest BCUT2D eigenvalue weighted by Crippen LogP contribution is -2.39. The zero-order valence-electron chi connectivity index (χ0n) is 12.2. The standard InChI is InChI=1S/C17H23NO.ClH/c1-19-15-8-6-13(7-9-15)12-17-16-5-3-2-4-14(16)10-11-18-17;/h6-9,17-18H,2-5,10-12H2,1H3;1H/t17-;/m0./s1. The van der Waals surface area contributed by atoms with E-state index in [0.29, 0.717) is 6.04 Å². The second-order valence-corrected chi connectivity index (χ2v) is 5.64. The molecule has 2 nitrogen and oxygen atoms in total. The van der Waals surface area contributed by atoms with Crippen molar-refractivity contribution < 1.29 is 4.74 Å². The van der Waals surface area contributed by atoms with Crippen LogP contribution in [0.1, 0.15) is 37.7 Å². The number of hydrogen-bond donors (Lipinski definition) is 1. The van der Waals surface area contributed by atoms with Crippen molar-refractivity contribution >= 4 is 12.4 Å². The molecule has 110 valence electrons. The molecule has 0 unspecified atom stereocenters. The van der Waals surface area contributed by atoms with Crippen LogP contribution in [0.15, 0.2) is 35.4 Å². The molecule has 1 atom stereocenters. The summed E-state index contributed by atoms with van der Waals surface area (Å²) in [5, 5.41) is 3.71. The summed E-state index contributed by atoms with van der Waals surface area (Å²) in [5.41, 5.74) is 4.87. The van der Waals surface area contributed by atoms with Crippen molar-refractivity contribution in [3.63, 3.8) is 0 Å². The molecule has 1 aliphatic carbocycles. The Kier molecular flexibility index (Phi) is 5.50. The largest absolute Gasteiger partial charge is 0.497 e. The van der Waals surface area contributed by atoms with E-state index in [-0.39, 0.29) is 12.4 Å². The van der Waals surface area contributed by atoms with Crippen molar-refractivity contribution in [1.29, 1.82) is 0 Å². The van der Waals surface area contributed by atoms with Crippen LogP contribution in [0.5, 0.6) is 5.75 Å². The number of hydrogen-bond acceptors (Lipinski definition) is 2. The minimum atomic E-state index is 0. The lowest BCUT2D eigenvalue weighted by Gasteiger charge is -2.33. The summed E-state index contributed by atoms with van der Waals surface area (Å²) >= 11 is 0. The van der Waals surface area contributed by atoms with Crippen LogP contribution in [0, 0.1) is 0 Å². The van der Waals surface area contributed by atoms with Gasteiger partial charge in [0.15, 0.2) is 0 Å². The maximum absolute atomic E-state index is 5.22. The van der Waals surface area contributed by atoms with Crippen LogP contribution in [0.3, 0.4) is 0 Å².